The van der Waals surface area contributed by atoms with Crippen LogP contribution in [-0.2, 0) is 13.6 Å². The van der Waals surface area contributed by atoms with E-state index in [1.165, 1.54) is 28.6 Å². The molecule has 0 saturated heterocycles. The molecule has 0 N–H and O–H groups in total. The molecule has 1 aromatic carbocycles. The number of nitrogens with zero attached hydrogens (tertiary/aromatic N) is 3. The number of aryl methyl sites for hydroxylation is 1. The van der Waals surface area contributed by atoms with E-state index in [0.717, 1.165) is 5.56 Å². The van der Waals surface area contributed by atoms with Crippen LogP contribution in [0, 0.1) is 11.3 Å². The molecule has 1 heterocycles. The zero-order valence-corrected chi connectivity index (χ0v) is 10.5. The van der Waals surface area contributed by atoms with E-state index in [9.17, 15) is 14.9 Å². The van der Waals surface area contributed by atoms with Crippen molar-refractivity contribution in [3.8, 4) is 6.07 Å². The molecule has 0 bridgehead atoms. The van der Waals surface area contributed by atoms with Crippen molar-refractivity contribution in [2.24, 2.45) is 7.05 Å². The van der Waals surface area contributed by atoms with Crippen molar-refractivity contribution in [3.63, 3.8) is 0 Å². The van der Waals surface area contributed by atoms with Gasteiger partial charge in [0, 0.05) is 26.0 Å². The van der Waals surface area contributed by atoms with Gasteiger partial charge in [0.05, 0.1) is 12.0 Å². The SMILES string of the molecule is Cn1ccn(CC(C#N)c2ccccc2)c(=O)c1=O. The maximum absolute atomic E-state index is 11.8. The Bertz CT molecular complexity index is 723. The van der Waals surface area contributed by atoms with Crippen LogP contribution in [0.3, 0.4) is 0 Å². The molecule has 96 valence electrons. The third kappa shape index (κ3) is 2.63. The Hall–Kier alpha value is -2.61. The van der Waals surface area contributed by atoms with Crippen LogP contribution in [0.25, 0.3) is 0 Å². The Morgan fingerprint density at radius 1 is 1.16 bits per heavy atom. The fourth-order valence-electron chi connectivity index (χ4n) is 1.84. The average molecular weight is 255 g/mol. The molecular formula is C14H13N3O2. The van der Waals surface area contributed by atoms with Crippen LogP contribution < -0.4 is 11.1 Å². The predicted molar refractivity (Wildman–Crippen MR) is 70.7 cm³/mol. The van der Waals surface area contributed by atoms with E-state index in [1.54, 1.807) is 0 Å². The summed E-state index contributed by atoms with van der Waals surface area (Å²) in [6, 6.07) is 11.4. The summed E-state index contributed by atoms with van der Waals surface area (Å²) in [6.45, 7) is 0.176. The largest absolute Gasteiger partial charge is 0.316 e. The van der Waals surface area contributed by atoms with Gasteiger partial charge in [0.25, 0.3) is 0 Å². The Morgan fingerprint density at radius 3 is 2.47 bits per heavy atom. The van der Waals surface area contributed by atoms with Gasteiger partial charge in [-0.25, -0.2) is 0 Å². The molecule has 0 aliphatic heterocycles. The van der Waals surface area contributed by atoms with Gasteiger partial charge >= 0.3 is 11.1 Å². The molecule has 19 heavy (non-hydrogen) atoms. The molecule has 0 radical (unpaired) electrons. The maximum Gasteiger partial charge on any atom is 0.316 e. The number of benzene rings is 1. The van der Waals surface area contributed by atoms with Crippen LogP contribution in [-0.4, -0.2) is 9.13 Å². The molecule has 0 saturated carbocycles. The molecule has 2 aromatic rings. The highest BCUT2D eigenvalue weighted by molar-refractivity contribution is 5.24. The second-order valence-electron chi connectivity index (χ2n) is 4.26. The molecule has 1 aromatic heterocycles. The van der Waals surface area contributed by atoms with Gasteiger partial charge in [0.1, 0.15) is 0 Å². The van der Waals surface area contributed by atoms with Crippen LogP contribution in [0.2, 0.25) is 0 Å². The Balaban J connectivity index is 2.36. The van der Waals surface area contributed by atoms with Gasteiger partial charge in [-0.1, -0.05) is 30.3 Å². The van der Waals surface area contributed by atoms with Gasteiger partial charge in [0.2, 0.25) is 0 Å². The molecule has 5 heteroatoms. The molecule has 2 rings (SSSR count). The summed E-state index contributed by atoms with van der Waals surface area (Å²) < 4.78 is 2.51. The summed E-state index contributed by atoms with van der Waals surface area (Å²) in [5.74, 6) is -0.453. The topological polar surface area (TPSA) is 67.8 Å². The van der Waals surface area contributed by atoms with Crippen LogP contribution in [0.15, 0.2) is 52.3 Å². The van der Waals surface area contributed by atoms with Gasteiger partial charge in [0.15, 0.2) is 0 Å². The zero-order chi connectivity index (χ0) is 13.8. The van der Waals surface area contributed by atoms with E-state index in [-0.39, 0.29) is 6.54 Å². The predicted octanol–water partition coefficient (Wildman–Crippen LogP) is 0.854. The Kier molecular flexibility index (Phi) is 3.62. The monoisotopic (exact) mass is 255 g/mol. The summed E-state index contributed by atoms with van der Waals surface area (Å²) in [6.07, 6.45) is 3.04. The molecular weight excluding hydrogens is 242 g/mol. The number of rotatable bonds is 3. The van der Waals surface area contributed by atoms with Crippen LogP contribution in [0.1, 0.15) is 11.5 Å². The molecule has 1 atom stereocenters. The Labute approximate surface area is 110 Å². The van der Waals surface area contributed by atoms with E-state index in [4.69, 9.17) is 0 Å². The van der Waals surface area contributed by atoms with Crippen LogP contribution in [0.4, 0.5) is 0 Å². The highest BCUT2D eigenvalue weighted by Crippen LogP contribution is 2.15. The van der Waals surface area contributed by atoms with Gasteiger partial charge in [-0.05, 0) is 5.56 Å². The third-order valence-electron chi connectivity index (χ3n) is 2.97. The third-order valence-corrected chi connectivity index (χ3v) is 2.97. The zero-order valence-electron chi connectivity index (χ0n) is 10.5. The summed E-state index contributed by atoms with van der Waals surface area (Å²) in [5, 5.41) is 9.21. The lowest BCUT2D eigenvalue weighted by atomic mass is 10.0. The van der Waals surface area contributed by atoms with Crippen molar-refractivity contribution < 1.29 is 0 Å². The van der Waals surface area contributed by atoms with E-state index in [1.807, 2.05) is 30.3 Å². The van der Waals surface area contributed by atoms with Gasteiger partial charge in [-0.15, -0.1) is 0 Å². The highest BCUT2D eigenvalue weighted by atomic mass is 16.2. The van der Waals surface area contributed by atoms with E-state index in [2.05, 4.69) is 6.07 Å². The second-order valence-corrected chi connectivity index (χ2v) is 4.26. The van der Waals surface area contributed by atoms with Crippen molar-refractivity contribution in [2.45, 2.75) is 12.5 Å². The van der Waals surface area contributed by atoms with Crippen molar-refractivity contribution in [1.82, 2.24) is 9.13 Å². The van der Waals surface area contributed by atoms with Crippen molar-refractivity contribution in [3.05, 3.63) is 69.0 Å². The molecule has 0 aliphatic carbocycles. The molecule has 5 nitrogen and oxygen atoms in total. The molecule has 1 unspecified atom stereocenters. The smallest absolute Gasteiger partial charge is 0.312 e. The number of hydrogen-bond acceptors (Lipinski definition) is 3. The van der Waals surface area contributed by atoms with Gasteiger partial charge in [-0.3, -0.25) is 9.59 Å². The molecule has 0 spiro atoms. The number of aromatic nitrogens is 2. The van der Waals surface area contributed by atoms with Crippen molar-refractivity contribution in [2.75, 3.05) is 0 Å². The molecule has 0 fully saturated rings. The maximum atomic E-state index is 11.8. The highest BCUT2D eigenvalue weighted by Gasteiger charge is 2.12. The summed E-state index contributed by atoms with van der Waals surface area (Å²) >= 11 is 0. The lowest BCUT2D eigenvalue weighted by Crippen LogP contribution is -2.40. The lowest BCUT2D eigenvalue weighted by molar-refractivity contribution is 0.600. The minimum atomic E-state index is -0.610. The first-order valence-electron chi connectivity index (χ1n) is 5.84. The first-order valence-corrected chi connectivity index (χ1v) is 5.84. The first kappa shape index (κ1) is 12.8. The van der Waals surface area contributed by atoms with E-state index in [0.29, 0.717) is 0 Å². The summed E-state index contributed by atoms with van der Waals surface area (Å²) in [4.78, 5) is 23.3. The van der Waals surface area contributed by atoms with Crippen LogP contribution >= 0.6 is 0 Å². The van der Waals surface area contributed by atoms with Crippen LogP contribution in [0.5, 0.6) is 0 Å². The van der Waals surface area contributed by atoms with Crippen molar-refractivity contribution in [1.29, 1.82) is 5.26 Å². The van der Waals surface area contributed by atoms with E-state index < -0.39 is 17.0 Å². The molecule has 0 amide bonds. The normalized spacial score (nSPS) is 11.8. The average Bonchev–Trinajstić information content (AvgIpc) is 2.45. The lowest BCUT2D eigenvalue weighted by Gasteiger charge is -2.11. The van der Waals surface area contributed by atoms with Crippen molar-refractivity contribution >= 4 is 0 Å². The first-order chi connectivity index (χ1) is 9.13. The minimum Gasteiger partial charge on any atom is -0.312 e. The number of nitriles is 1. The fourth-order valence-corrected chi connectivity index (χ4v) is 1.84. The minimum absolute atomic E-state index is 0.176. The van der Waals surface area contributed by atoms with E-state index >= 15 is 0 Å². The quantitative estimate of drug-likeness (QED) is 0.764. The Morgan fingerprint density at radius 2 is 1.84 bits per heavy atom. The number of hydrogen-bond donors (Lipinski definition) is 0. The van der Waals surface area contributed by atoms with Gasteiger partial charge in [-0.2, -0.15) is 5.26 Å². The summed E-state index contributed by atoms with van der Waals surface area (Å²) in [7, 11) is 1.52. The van der Waals surface area contributed by atoms with Gasteiger partial charge < -0.3 is 9.13 Å². The second kappa shape index (κ2) is 5.36. The molecule has 0 aliphatic rings. The fraction of sp³-hybridized carbons (Fsp3) is 0.214. The summed E-state index contributed by atoms with van der Waals surface area (Å²) in [5.41, 5.74) is -0.369. The standard InChI is InChI=1S/C14H13N3O2/c1-16-7-8-17(14(19)13(16)18)10-12(9-15)11-5-3-2-4-6-11/h2-8,12H,10H2,1H3.